The van der Waals surface area contributed by atoms with Gasteiger partial charge in [-0.1, -0.05) is 18.2 Å². The van der Waals surface area contributed by atoms with Crippen LogP contribution < -0.4 is 5.32 Å². The van der Waals surface area contributed by atoms with Gasteiger partial charge in [0, 0.05) is 29.9 Å². The van der Waals surface area contributed by atoms with Gasteiger partial charge in [-0.3, -0.25) is 4.79 Å². The molecule has 3 aromatic rings. The van der Waals surface area contributed by atoms with Crippen molar-refractivity contribution in [1.29, 1.82) is 0 Å². The molecule has 1 atom stereocenters. The molecule has 27 heavy (non-hydrogen) atoms. The number of nitrogens with zero attached hydrogens (tertiary/aromatic N) is 2. The number of rotatable bonds is 6. The van der Waals surface area contributed by atoms with E-state index in [0.29, 0.717) is 10.7 Å². The molecule has 0 saturated carbocycles. The molecule has 0 aliphatic rings. The number of benzene rings is 2. The average Bonchev–Trinajstić information content (AvgIpc) is 3.07. The lowest BCUT2D eigenvalue weighted by Crippen LogP contribution is -2.32. The number of aromatic nitrogens is 2. The van der Waals surface area contributed by atoms with Crippen LogP contribution in [0.25, 0.3) is 0 Å². The molecule has 0 aliphatic carbocycles. The van der Waals surface area contributed by atoms with Crippen molar-refractivity contribution in [3.63, 3.8) is 0 Å². The largest absolute Gasteiger partial charge is 0.341 e. The number of aryl methyl sites for hydroxylation is 1. The second-order valence-corrected chi connectivity index (χ2v) is 6.83. The van der Waals surface area contributed by atoms with Crippen molar-refractivity contribution < 1.29 is 18.0 Å². The van der Waals surface area contributed by atoms with E-state index in [0.717, 1.165) is 23.9 Å². The van der Waals surface area contributed by atoms with Crippen LogP contribution in [-0.2, 0) is 11.8 Å². The molecular weight excluding hydrogens is 375 g/mol. The van der Waals surface area contributed by atoms with Crippen molar-refractivity contribution in [3.8, 4) is 0 Å². The van der Waals surface area contributed by atoms with Gasteiger partial charge in [-0.25, -0.2) is 18.2 Å². The van der Waals surface area contributed by atoms with Gasteiger partial charge in [0.05, 0.1) is 5.75 Å². The summed E-state index contributed by atoms with van der Waals surface area (Å²) >= 11 is 1.05. The molecule has 8 heteroatoms. The lowest BCUT2D eigenvalue weighted by molar-refractivity contribution is -0.119. The molecule has 1 unspecified atom stereocenters. The molecular formula is C19H16F3N3OS. The third-order valence-corrected chi connectivity index (χ3v) is 4.89. The molecule has 1 N–H and O–H groups in total. The minimum Gasteiger partial charge on any atom is -0.341 e. The first kappa shape index (κ1) is 19.0. The molecule has 0 saturated heterocycles. The van der Waals surface area contributed by atoms with E-state index in [4.69, 9.17) is 0 Å². The Morgan fingerprint density at radius 2 is 1.93 bits per heavy atom. The van der Waals surface area contributed by atoms with E-state index in [9.17, 15) is 18.0 Å². The second-order valence-electron chi connectivity index (χ2n) is 5.78. The van der Waals surface area contributed by atoms with Crippen LogP contribution in [0, 0.1) is 17.5 Å². The number of carbonyl (C=O) groups is 1. The van der Waals surface area contributed by atoms with Crippen molar-refractivity contribution in [2.24, 2.45) is 7.05 Å². The van der Waals surface area contributed by atoms with Gasteiger partial charge in [0.15, 0.2) is 11.6 Å². The zero-order valence-electron chi connectivity index (χ0n) is 14.3. The van der Waals surface area contributed by atoms with E-state index in [1.165, 1.54) is 12.1 Å². The van der Waals surface area contributed by atoms with E-state index in [2.05, 4.69) is 10.3 Å². The van der Waals surface area contributed by atoms with Crippen LogP contribution >= 0.6 is 11.8 Å². The Bertz CT molecular complexity index is 961. The fraction of sp³-hybridized carbons (Fsp3) is 0.158. The summed E-state index contributed by atoms with van der Waals surface area (Å²) in [7, 11) is 1.75. The maximum absolute atomic E-state index is 14.3. The Kier molecular flexibility index (Phi) is 5.85. The third-order valence-electron chi connectivity index (χ3n) is 3.90. The van der Waals surface area contributed by atoms with Crippen LogP contribution in [-0.4, -0.2) is 21.2 Å². The van der Waals surface area contributed by atoms with Crippen LogP contribution in [0.15, 0.2) is 59.8 Å². The normalized spacial score (nSPS) is 12.0. The van der Waals surface area contributed by atoms with Gasteiger partial charge in [0.1, 0.15) is 17.7 Å². The molecule has 0 spiro atoms. The van der Waals surface area contributed by atoms with Crippen LogP contribution in [0.4, 0.5) is 13.2 Å². The lowest BCUT2D eigenvalue weighted by atomic mass is 10.1. The quantitative estimate of drug-likeness (QED) is 0.650. The van der Waals surface area contributed by atoms with Crippen LogP contribution in [0.5, 0.6) is 0 Å². The molecule has 3 rings (SSSR count). The summed E-state index contributed by atoms with van der Waals surface area (Å²) in [5, 5.41) is 2.76. The highest BCUT2D eigenvalue weighted by molar-refractivity contribution is 8.00. The average molecular weight is 391 g/mol. The first-order valence-corrected chi connectivity index (χ1v) is 9.03. The molecule has 0 radical (unpaired) electrons. The number of nitrogens with one attached hydrogen (secondary N) is 1. The summed E-state index contributed by atoms with van der Waals surface area (Å²) in [6.07, 6.45) is 3.26. The molecule has 0 aliphatic heterocycles. The minimum absolute atomic E-state index is 0.0412. The van der Waals surface area contributed by atoms with Crippen molar-refractivity contribution in [1.82, 2.24) is 14.9 Å². The maximum Gasteiger partial charge on any atom is 0.231 e. The van der Waals surface area contributed by atoms with E-state index < -0.39 is 23.5 Å². The Morgan fingerprint density at radius 1 is 1.15 bits per heavy atom. The van der Waals surface area contributed by atoms with Gasteiger partial charge in [-0.15, -0.1) is 11.8 Å². The summed E-state index contributed by atoms with van der Waals surface area (Å²) in [4.78, 5) is 17.0. The lowest BCUT2D eigenvalue weighted by Gasteiger charge is -2.19. The summed E-state index contributed by atoms with van der Waals surface area (Å²) in [6, 6.07) is 8.79. The molecule has 1 amide bonds. The Balaban J connectivity index is 1.76. The summed E-state index contributed by atoms with van der Waals surface area (Å²) in [6.45, 7) is 0. The summed E-state index contributed by atoms with van der Waals surface area (Å²) in [5.41, 5.74) is 0.290. The van der Waals surface area contributed by atoms with Crippen LogP contribution in [0.1, 0.15) is 17.4 Å². The number of carbonyl (C=O) groups excluding carboxylic acids is 1. The second kappa shape index (κ2) is 8.30. The number of hydrogen-bond donors (Lipinski definition) is 1. The van der Waals surface area contributed by atoms with Crippen molar-refractivity contribution in [3.05, 3.63) is 83.7 Å². The van der Waals surface area contributed by atoms with Gasteiger partial charge in [0.2, 0.25) is 5.91 Å². The zero-order valence-corrected chi connectivity index (χ0v) is 15.1. The maximum atomic E-state index is 14.3. The van der Waals surface area contributed by atoms with E-state index in [1.807, 2.05) is 0 Å². The first-order chi connectivity index (χ1) is 13.0. The third kappa shape index (κ3) is 4.51. The number of thioether (sulfide) groups is 1. The predicted molar refractivity (Wildman–Crippen MR) is 96.7 cm³/mol. The number of amides is 1. The van der Waals surface area contributed by atoms with Gasteiger partial charge in [0.25, 0.3) is 0 Å². The molecule has 1 aromatic heterocycles. The van der Waals surface area contributed by atoms with Crippen molar-refractivity contribution in [2.75, 3.05) is 5.75 Å². The smallest absolute Gasteiger partial charge is 0.231 e. The fourth-order valence-corrected chi connectivity index (χ4v) is 3.30. The van der Waals surface area contributed by atoms with Crippen LogP contribution in [0.3, 0.4) is 0 Å². The molecule has 140 valence electrons. The Labute approximate surface area is 158 Å². The minimum atomic E-state index is -0.974. The zero-order chi connectivity index (χ0) is 19.4. The molecule has 0 bridgehead atoms. The molecule has 2 aromatic carbocycles. The Hall–Kier alpha value is -2.74. The van der Waals surface area contributed by atoms with Crippen molar-refractivity contribution >= 4 is 17.7 Å². The van der Waals surface area contributed by atoms with Crippen LogP contribution in [0.2, 0.25) is 0 Å². The topological polar surface area (TPSA) is 46.9 Å². The van der Waals surface area contributed by atoms with Crippen molar-refractivity contribution in [2.45, 2.75) is 10.9 Å². The van der Waals surface area contributed by atoms with E-state index in [-0.39, 0.29) is 17.2 Å². The summed E-state index contributed by atoms with van der Waals surface area (Å²) in [5.74, 6) is -2.33. The van der Waals surface area contributed by atoms with Gasteiger partial charge in [-0.05, 0) is 24.3 Å². The SMILES string of the molecule is Cn1ccnc1C(NC(=O)CSc1ccc(F)c(F)c1)c1ccccc1F. The van der Waals surface area contributed by atoms with E-state index >= 15 is 0 Å². The highest BCUT2D eigenvalue weighted by Gasteiger charge is 2.23. The molecule has 0 fully saturated rings. The number of hydrogen-bond acceptors (Lipinski definition) is 3. The molecule has 4 nitrogen and oxygen atoms in total. The van der Waals surface area contributed by atoms with Gasteiger partial charge < -0.3 is 9.88 Å². The molecule has 1 heterocycles. The van der Waals surface area contributed by atoms with Gasteiger partial charge >= 0.3 is 0 Å². The number of halogens is 3. The van der Waals surface area contributed by atoms with Gasteiger partial charge in [-0.2, -0.15) is 0 Å². The highest BCUT2D eigenvalue weighted by atomic mass is 32.2. The monoisotopic (exact) mass is 391 g/mol. The standard InChI is InChI=1S/C19H16F3N3OS/c1-25-9-8-23-19(25)18(13-4-2-3-5-14(13)20)24-17(26)11-27-12-6-7-15(21)16(22)10-12/h2-10,18H,11H2,1H3,(H,24,26). The number of imidazole rings is 1. The van der Waals surface area contributed by atoms with E-state index in [1.54, 1.807) is 42.2 Å². The fourth-order valence-electron chi connectivity index (χ4n) is 2.56. The predicted octanol–water partition coefficient (Wildman–Crippen LogP) is 3.84. The highest BCUT2D eigenvalue weighted by Crippen LogP contribution is 2.24. The summed E-state index contributed by atoms with van der Waals surface area (Å²) < 4.78 is 42.2. The Morgan fingerprint density at radius 3 is 2.59 bits per heavy atom. The first-order valence-electron chi connectivity index (χ1n) is 8.04.